The van der Waals surface area contributed by atoms with Crippen LogP contribution in [0, 0.1) is 0 Å². The molecule has 0 aliphatic heterocycles. The third kappa shape index (κ3) is 1.45. The Labute approximate surface area is 79.3 Å². The smallest absolute Gasteiger partial charge is 0.249 e. The van der Waals surface area contributed by atoms with E-state index in [0.717, 1.165) is 5.39 Å². The van der Waals surface area contributed by atoms with Crippen LogP contribution in [0.25, 0.3) is 11.0 Å². The van der Waals surface area contributed by atoms with Crippen LogP contribution in [0.4, 0.5) is 0 Å². The second-order valence-electron chi connectivity index (χ2n) is 2.84. The Kier molecular flexibility index (Phi) is 2.16. The monoisotopic (exact) mass is 192 g/mol. The summed E-state index contributed by atoms with van der Waals surface area (Å²) in [5.41, 5.74) is 2.70. The number of benzene rings is 1. The standard InChI is InChI=1S/C9H8N2O3/c12-9(10-13)5-7-6-3-1-2-4-8(6)14-11-7/h1-4,13H,5H2,(H,10,12). The lowest BCUT2D eigenvalue weighted by atomic mass is 10.2. The van der Waals surface area contributed by atoms with Gasteiger partial charge in [0, 0.05) is 5.39 Å². The van der Waals surface area contributed by atoms with E-state index in [2.05, 4.69) is 5.16 Å². The molecule has 5 heteroatoms. The lowest BCUT2D eigenvalue weighted by molar-refractivity contribution is -0.128. The molecule has 0 radical (unpaired) electrons. The highest BCUT2D eigenvalue weighted by Crippen LogP contribution is 2.17. The predicted molar refractivity (Wildman–Crippen MR) is 47.6 cm³/mol. The second-order valence-corrected chi connectivity index (χ2v) is 2.84. The average molecular weight is 192 g/mol. The van der Waals surface area contributed by atoms with Gasteiger partial charge in [-0.2, -0.15) is 0 Å². The van der Waals surface area contributed by atoms with E-state index < -0.39 is 5.91 Å². The molecule has 0 saturated heterocycles. The van der Waals surface area contributed by atoms with E-state index >= 15 is 0 Å². The summed E-state index contributed by atoms with van der Waals surface area (Å²) in [5.74, 6) is -0.510. The summed E-state index contributed by atoms with van der Waals surface area (Å²) in [6.45, 7) is 0. The van der Waals surface area contributed by atoms with E-state index in [-0.39, 0.29) is 6.42 Å². The summed E-state index contributed by atoms with van der Waals surface area (Å²) >= 11 is 0. The third-order valence-corrected chi connectivity index (χ3v) is 1.90. The van der Waals surface area contributed by atoms with Crippen molar-refractivity contribution < 1.29 is 14.5 Å². The molecule has 0 atom stereocenters. The number of nitrogens with one attached hydrogen (secondary N) is 1. The number of fused-ring (bicyclic) bond motifs is 1. The number of carbonyl (C=O) groups is 1. The maximum absolute atomic E-state index is 10.9. The maximum Gasteiger partial charge on any atom is 0.249 e. The first kappa shape index (κ1) is 8.71. The van der Waals surface area contributed by atoms with Gasteiger partial charge in [0.05, 0.1) is 6.42 Å². The van der Waals surface area contributed by atoms with Crippen LogP contribution in [0.1, 0.15) is 5.69 Å². The van der Waals surface area contributed by atoms with Gasteiger partial charge in [0.15, 0.2) is 5.58 Å². The van der Waals surface area contributed by atoms with Crippen LogP contribution in [0.3, 0.4) is 0 Å². The Bertz CT molecular complexity index is 464. The van der Waals surface area contributed by atoms with E-state index in [1.165, 1.54) is 0 Å². The molecule has 2 aromatic rings. The second kappa shape index (κ2) is 3.47. The van der Waals surface area contributed by atoms with Crippen LogP contribution in [0.15, 0.2) is 28.8 Å². The number of rotatable bonds is 2. The number of hydroxylamine groups is 1. The van der Waals surface area contributed by atoms with Gasteiger partial charge in [-0.3, -0.25) is 10.0 Å². The Morgan fingerprint density at radius 1 is 1.50 bits per heavy atom. The van der Waals surface area contributed by atoms with Crippen molar-refractivity contribution >= 4 is 16.9 Å². The van der Waals surface area contributed by atoms with E-state index in [1.807, 2.05) is 18.2 Å². The molecule has 0 spiro atoms. The van der Waals surface area contributed by atoms with Crippen LogP contribution in [0.2, 0.25) is 0 Å². The molecule has 0 bridgehead atoms. The Morgan fingerprint density at radius 3 is 3.07 bits per heavy atom. The number of hydrogen-bond donors (Lipinski definition) is 2. The highest BCUT2D eigenvalue weighted by molar-refractivity contribution is 5.85. The fourth-order valence-electron chi connectivity index (χ4n) is 1.26. The number of nitrogens with zero attached hydrogens (tertiary/aromatic N) is 1. The van der Waals surface area contributed by atoms with Crippen molar-refractivity contribution in [1.29, 1.82) is 0 Å². The van der Waals surface area contributed by atoms with Crippen LogP contribution in [-0.2, 0) is 11.2 Å². The van der Waals surface area contributed by atoms with Crippen molar-refractivity contribution in [1.82, 2.24) is 10.6 Å². The molecule has 1 aromatic carbocycles. The van der Waals surface area contributed by atoms with E-state index in [4.69, 9.17) is 9.73 Å². The number of para-hydroxylation sites is 1. The van der Waals surface area contributed by atoms with E-state index in [0.29, 0.717) is 11.3 Å². The molecular weight excluding hydrogens is 184 g/mol. The van der Waals surface area contributed by atoms with Crippen molar-refractivity contribution in [3.8, 4) is 0 Å². The number of aromatic nitrogens is 1. The highest BCUT2D eigenvalue weighted by Gasteiger charge is 2.10. The first-order valence-electron chi connectivity index (χ1n) is 4.07. The molecule has 0 aliphatic rings. The van der Waals surface area contributed by atoms with Crippen molar-refractivity contribution in [3.63, 3.8) is 0 Å². The van der Waals surface area contributed by atoms with Crippen molar-refractivity contribution in [2.24, 2.45) is 0 Å². The zero-order valence-corrected chi connectivity index (χ0v) is 7.23. The zero-order chi connectivity index (χ0) is 9.97. The molecule has 1 aromatic heterocycles. The Balaban J connectivity index is 2.38. The van der Waals surface area contributed by atoms with Gasteiger partial charge < -0.3 is 4.52 Å². The molecule has 1 heterocycles. The van der Waals surface area contributed by atoms with Crippen molar-refractivity contribution in [2.75, 3.05) is 0 Å². The molecule has 2 rings (SSSR count). The highest BCUT2D eigenvalue weighted by atomic mass is 16.5. The molecule has 5 nitrogen and oxygen atoms in total. The molecule has 1 amide bonds. The largest absolute Gasteiger partial charge is 0.356 e. The third-order valence-electron chi connectivity index (χ3n) is 1.90. The summed E-state index contributed by atoms with van der Waals surface area (Å²) < 4.78 is 4.98. The summed E-state index contributed by atoms with van der Waals surface area (Å²) in [6, 6.07) is 7.23. The SMILES string of the molecule is O=C(Cc1noc2ccccc12)NO. The van der Waals surface area contributed by atoms with Gasteiger partial charge in [0.1, 0.15) is 5.69 Å². The first-order valence-corrected chi connectivity index (χ1v) is 4.07. The van der Waals surface area contributed by atoms with Crippen molar-refractivity contribution in [3.05, 3.63) is 30.0 Å². The Hall–Kier alpha value is -1.88. The normalized spacial score (nSPS) is 10.4. The molecular formula is C9H8N2O3. The van der Waals surface area contributed by atoms with Gasteiger partial charge in [0.25, 0.3) is 0 Å². The van der Waals surface area contributed by atoms with Crippen LogP contribution in [-0.4, -0.2) is 16.3 Å². The predicted octanol–water partition coefficient (Wildman–Crippen LogP) is 0.876. The minimum absolute atomic E-state index is 0.00745. The topological polar surface area (TPSA) is 75.4 Å². The summed E-state index contributed by atoms with van der Waals surface area (Å²) in [5, 5.41) is 12.9. The molecule has 2 N–H and O–H groups in total. The van der Waals surface area contributed by atoms with Gasteiger partial charge in [0.2, 0.25) is 5.91 Å². The number of amides is 1. The molecule has 0 fully saturated rings. The van der Waals surface area contributed by atoms with Gasteiger partial charge in [-0.1, -0.05) is 17.3 Å². The molecule has 0 unspecified atom stereocenters. The fourth-order valence-corrected chi connectivity index (χ4v) is 1.26. The summed E-state index contributed by atoms with van der Waals surface area (Å²) in [6.07, 6.45) is 0.00745. The molecule has 0 saturated carbocycles. The lowest BCUT2D eigenvalue weighted by Gasteiger charge is -1.93. The average Bonchev–Trinajstić information content (AvgIpc) is 2.62. The molecule has 72 valence electrons. The van der Waals surface area contributed by atoms with Gasteiger partial charge in [-0.15, -0.1) is 0 Å². The Morgan fingerprint density at radius 2 is 2.29 bits per heavy atom. The van der Waals surface area contributed by atoms with Crippen LogP contribution in [0.5, 0.6) is 0 Å². The maximum atomic E-state index is 10.9. The molecule has 0 aliphatic carbocycles. The minimum Gasteiger partial charge on any atom is -0.356 e. The lowest BCUT2D eigenvalue weighted by Crippen LogP contribution is -2.20. The zero-order valence-electron chi connectivity index (χ0n) is 7.23. The fraction of sp³-hybridized carbons (Fsp3) is 0.111. The quantitative estimate of drug-likeness (QED) is 0.547. The first-order chi connectivity index (χ1) is 6.81. The van der Waals surface area contributed by atoms with Gasteiger partial charge in [-0.25, -0.2) is 5.48 Å². The minimum atomic E-state index is -0.510. The van der Waals surface area contributed by atoms with Crippen molar-refractivity contribution in [2.45, 2.75) is 6.42 Å². The number of hydrogen-bond acceptors (Lipinski definition) is 4. The van der Waals surface area contributed by atoms with Gasteiger partial charge in [-0.05, 0) is 12.1 Å². The van der Waals surface area contributed by atoms with E-state index in [1.54, 1.807) is 11.5 Å². The summed E-state index contributed by atoms with van der Waals surface area (Å²) in [7, 11) is 0. The number of carbonyl (C=O) groups excluding carboxylic acids is 1. The van der Waals surface area contributed by atoms with Crippen LogP contribution >= 0.6 is 0 Å². The van der Waals surface area contributed by atoms with E-state index in [9.17, 15) is 4.79 Å². The van der Waals surface area contributed by atoms with Gasteiger partial charge >= 0.3 is 0 Å². The summed E-state index contributed by atoms with van der Waals surface area (Å²) in [4.78, 5) is 10.9. The van der Waals surface area contributed by atoms with Crippen LogP contribution < -0.4 is 5.48 Å². The molecule has 14 heavy (non-hydrogen) atoms.